The lowest BCUT2D eigenvalue weighted by Crippen LogP contribution is -2.52. The molecule has 1 aliphatic rings. The van der Waals surface area contributed by atoms with Gasteiger partial charge < -0.3 is 15.4 Å². The molecular formula is C14H19N3OS. The first kappa shape index (κ1) is 12.7. The van der Waals surface area contributed by atoms with Gasteiger partial charge in [0.2, 0.25) is 0 Å². The molecule has 1 aromatic heterocycles. The number of nitrogen functional groups attached to an aromatic ring is 1. The number of rotatable bonds is 1. The molecule has 19 heavy (non-hydrogen) atoms. The van der Waals surface area contributed by atoms with Crippen LogP contribution >= 0.6 is 11.3 Å². The second-order valence-electron chi connectivity index (χ2n) is 5.79. The van der Waals surface area contributed by atoms with Crippen molar-refractivity contribution < 1.29 is 4.74 Å². The molecule has 2 heterocycles. The molecule has 0 radical (unpaired) electrons. The van der Waals surface area contributed by atoms with E-state index in [2.05, 4.69) is 25.7 Å². The first-order valence-electron chi connectivity index (χ1n) is 6.52. The van der Waals surface area contributed by atoms with Gasteiger partial charge in [-0.15, -0.1) is 0 Å². The van der Waals surface area contributed by atoms with Crippen molar-refractivity contribution >= 4 is 32.4 Å². The van der Waals surface area contributed by atoms with Crippen molar-refractivity contribution in [2.45, 2.75) is 32.5 Å². The summed E-state index contributed by atoms with van der Waals surface area (Å²) in [6, 6.07) is 5.88. The number of thiazole rings is 1. The Morgan fingerprint density at radius 2 is 2.26 bits per heavy atom. The molecule has 1 fully saturated rings. The van der Waals surface area contributed by atoms with Crippen molar-refractivity contribution in [2.75, 3.05) is 23.7 Å². The molecule has 5 heteroatoms. The van der Waals surface area contributed by atoms with Gasteiger partial charge in [0.25, 0.3) is 0 Å². The summed E-state index contributed by atoms with van der Waals surface area (Å²) in [7, 11) is 0. The standard InChI is InChI=1S/C14H19N3OS/c1-9-7-17(8-14(2,3)18-9)13-16-11-5-4-10(15)6-12(11)19-13/h4-6,9H,7-8,15H2,1-3H3. The van der Waals surface area contributed by atoms with E-state index in [4.69, 9.17) is 15.5 Å². The molecule has 0 bridgehead atoms. The number of anilines is 2. The Labute approximate surface area is 117 Å². The zero-order chi connectivity index (χ0) is 13.6. The van der Waals surface area contributed by atoms with Crippen LogP contribution in [0.2, 0.25) is 0 Å². The van der Waals surface area contributed by atoms with E-state index in [1.165, 1.54) is 0 Å². The van der Waals surface area contributed by atoms with Crippen LogP contribution in [0, 0.1) is 0 Å². The van der Waals surface area contributed by atoms with Crippen molar-refractivity contribution in [3.63, 3.8) is 0 Å². The monoisotopic (exact) mass is 277 g/mol. The summed E-state index contributed by atoms with van der Waals surface area (Å²) in [4.78, 5) is 7.03. The fourth-order valence-corrected chi connectivity index (χ4v) is 3.69. The predicted molar refractivity (Wildman–Crippen MR) is 80.9 cm³/mol. The maximum absolute atomic E-state index is 5.93. The topological polar surface area (TPSA) is 51.4 Å². The van der Waals surface area contributed by atoms with Crippen molar-refractivity contribution in [3.05, 3.63) is 18.2 Å². The van der Waals surface area contributed by atoms with Crippen LogP contribution in [0.5, 0.6) is 0 Å². The van der Waals surface area contributed by atoms with Crippen molar-refractivity contribution in [3.8, 4) is 0 Å². The minimum atomic E-state index is -0.130. The molecule has 2 N–H and O–H groups in total. The lowest BCUT2D eigenvalue weighted by Gasteiger charge is -2.41. The zero-order valence-electron chi connectivity index (χ0n) is 11.5. The number of hydrogen-bond acceptors (Lipinski definition) is 5. The van der Waals surface area contributed by atoms with Crippen LogP contribution < -0.4 is 10.6 Å². The molecule has 3 rings (SSSR count). The van der Waals surface area contributed by atoms with E-state index in [-0.39, 0.29) is 11.7 Å². The number of aromatic nitrogens is 1. The summed E-state index contributed by atoms with van der Waals surface area (Å²) in [5.41, 5.74) is 7.50. The van der Waals surface area contributed by atoms with Crippen LogP contribution in [-0.2, 0) is 4.74 Å². The van der Waals surface area contributed by atoms with Gasteiger partial charge in [0.05, 0.1) is 21.9 Å². The smallest absolute Gasteiger partial charge is 0.186 e. The van der Waals surface area contributed by atoms with Gasteiger partial charge >= 0.3 is 0 Å². The Bertz CT molecular complexity index is 608. The third kappa shape index (κ3) is 2.53. The summed E-state index contributed by atoms with van der Waals surface area (Å²) >= 11 is 1.70. The van der Waals surface area contributed by atoms with Crippen molar-refractivity contribution in [1.82, 2.24) is 4.98 Å². The predicted octanol–water partition coefficient (Wildman–Crippen LogP) is 2.88. The molecule has 1 unspecified atom stereocenters. The van der Waals surface area contributed by atoms with Gasteiger partial charge in [-0.2, -0.15) is 0 Å². The molecule has 0 aliphatic carbocycles. The van der Waals surface area contributed by atoms with Gasteiger partial charge in [0.1, 0.15) is 0 Å². The second kappa shape index (κ2) is 4.35. The number of benzene rings is 1. The number of morpholine rings is 1. The van der Waals surface area contributed by atoms with E-state index in [0.717, 1.165) is 34.1 Å². The first-order valence-corrected chi connectivity index (χ1v) is 7.33. The minimum Gasteiger partial charge on any atom is -0.399 e. The first-order chi connectivity index (χ1) is 8.93. The molecular weight excluding hydrogens is 258 g/mol. The number of hydrogen-bond donors (Lipinski definition) is 1. The number of fused-ring (bicyclic) bond motifs is 1. The van der Waals surface area contributed by atoms with Gasteiger partial charge in [-0.05, 0) is 39.0 Å². The van der Waals surface area contributed by atoms with E-state index < -0.39 is 0 Å². The van der Waals surface area contributed by atoms with E-state index >= 15 is 0 Å². The van der Waals surface area contributed by atoms with Gasteiger partial charge in [-0.3, -0.25) is 0 Å². The molecule has 4 nitrogen and oxygen atoms in total. The van der Waals surface area contributed by atoms with Gasteiger partial charge in [0.15, 0.2) is 5.13 Å². The van der Waals surface area contributed by atoms with Crippen LogP contribution in [0.15, 0.2) is 18.2 Å². The van der Waals surface area contributed by atoms with Crippen LogP contribution in [0.4, 0.5) is 10.8 Å². The fraction of sp³-hybridized carbons (Fsp3) is 0.500. The Morgan fingerprint density at radius 3 is 3.00 bits per heavy atom. The van der Waals surface area contributed by atoms with E-state index in [1.54, 1.807) is 11.3 Å². The molecule has 1 aromatic carbocycles. The molecule has 0 saturated carbocycles. The SMILES string of the molecule is CC1CN(c2nc3ccc(N)cc3s2)CC(C)(C)O1. The van der Waals surface area contributed by atoms with Crippen molar-refractivity contribution in [2.24, 2.45) is 0 Å². The molecule has 0 spiro atoms. The maximum atomic E-state index is 5.93. The Morgan fingerprint density at radius 1 is 1.47 bits per heavy atom. The highest BCUT2D eigenvalue weighted by Crippen LogP contribution is 2.33. The van der Waals surface area contributed by atoms with Gasteiger partial charge in [-0.25, -0.2) is 4.98 Å². The van der Waals surface area contributed by atoms with Crippen LogP contribution in [-0.4, -0.2) is 29.8 Å². The summed E-state index contributed by atoms with van der Waals surface area (Å²) in [5.74, 6) is 0. The summed E-state index contributed by atoms with van der Waals surface area (Å²) in [6.07, 6.45) is 0.223. The lowest BCUT2D eigenvalue weighted by atomic mass is 10.1. The Hall–Kier alpha value is -1.33. The third-order valence-corrected chi connectivity index (χ3v) is 4.32. The molecule has 1 aliphatic heterocycles. The number of nitrogens with two attached hydrogens (primary N) is 1. The van der Waals surface area contributed by atoms with Crippen LogP contribution in [0.3, 0.4) is 0 Å². The van der Waals surface area contributed by atoms with Gasteiger partial charge in [0, 0.05) is 18.8 Å². The molecule has 2 aromatic rings. The molecule has 1 saturated heterocycles. The average Bonchev–Trinajstić information content (AvgIpc) is 2.69. The minimum absolute atomic E-state index is 0.130. The highest BCUT2D eigenvalue weighted by atomic mass is 32.1. The average molecular weight is 277 g/mol. The van der Waals surface area contributed by atoms with E-state index in [1.807, 2.05) is 18.2 Å². The number of ether oxygens (including phenoxy) is 1. The Kier molecular flexibility index (Phi) is 2.91. The number of nitrogens with zero attached hydrogens (tertiary/aromatic N) is 2. The second-order valence-corrected chi connectivity index (χ2v) is 6.80. The summed E-state index contributed by atoms with van der Waals surface area (Å²) < 4.78 is 7.08. The summed E-state index contributed by atoms with van der Waals surface area (Å²) in [5, 5.41) is 1.06. The van der Waals surface area contributed by atoms with Gasteiger partial charge in [-0.1, -0.05) is 11.3 Å². The van der Waals surface area contributed by atoms with E-state index in [0.29, 0.717) is 0 Å². The van der Waals surface area contributed by atoms with E-state index in [9.17, 15) is 0 Å². The maximum Gasteiger partial charge on any atom is 0.186 e. The quantitative estimate of drug-likeness (QED) is 0.814. The summed E-state index contributed by atoms with van der Waals surface area (Å²) in [6.45, 7) is 8.12. The Balaban J connectivity index is 1.95. The fourth-order valence-electron chi connectivity index (χ4n) is 2.66. The molecule has 0 amide bonds. The van der Waals surface area contributed by atoms with Crippen LogP contribution in [0.25, 0.3) is 10.2 Å². The largest absolute Gasteiger partial charge is 0.399 e. The highest BCUT2D eigenvalue weighted by Gasteiger charge is 2.32. The molecule has 1 atom stereocenters. The zero-order valence-corrected chi connectivity index (χ0v) is 12.3. The highest BCUT2D eigenvalue weighted by molar-refractivity contribution is 7.22. The van der Waals surface area contributed by atoms with Crippen molar-refractivity contribution in [1.29, 1.82) is 0 Å². The normalized spacial score (nSPS) is 22.9. The van der Waals surface area contributed by atoms with Crippen LogP contribution in [0.1, 0.15) is 20.8 Å². The third-order valence-electron chi connectivity index (χ3n) is 3.24. The lowest BCUT2D eigenvalue weighted by molar-refractivity contribution is -0.0749. The molecule has 102 valence electrons.